The van der Waals surface area contributed by atoms with E-state index in [2.05, 4.69) is 36.6 Å². The third-order valence-electron chi connectivity index (χ3n) is 5.61. The number of para-hydroxylation sites is 1. The van der Waals surface area contributed by atoms with E-state index in [9.17, 15) is 14.9 Å². The van der Waals surface area contributed by atoms with E-state index in [1.54, 1.807) is 16.8 Å². The van der Waals surface area contributed by atoms with E-state index in [1.807, 2.05) is 61.5 Å². The Morgan fingerprint density at radius 1 is 1.09 bits per heavy atom. The van der Waals surface area contributed by atoms with E-state index in [0.29, 0.717) is 34.3 Å². The molecular formula is C25H19BrN6O3. The quantitative estimate of drug-likeness (QED) is 0.258. The van der Waals surface area contributed by atoms with Gasteiger partial charge in [-0.25, -0.2) is 4.68 Å². The minimum Gasteiger partial charge on any atom is -0.328 e. The average molecular weight is 531 g/mol. The Hall–Kier alpha value is -4.31. The molecule has 0 spiro atoms. The van der Waals surface area contributed by atoms with Gasteiger partial charge in [-0.2, -0.15) is 4.98 Å². The van der Waals surface area contributed by atoms with Gasteiger partial charge in [0.2, 0.25) is 5.95 Å². The Bertz CT molecular complexity index is 1480. The summed E-state index contributed by atoms with van der Waals surface area (Å²) in [5.41, 5.74) is 3.07. The molecule has 5 rings (SSSR count). The Labute approximate surface area is 208 Å². The zero-order chi connectivity index (χ0) is 24.5. The number of nitrogens with one attached hydrogen (secondary N) is 2. The van der Waals surface area contributed by atoms with Gasteiger partial charge in [-0.15, -0.1) is 5.10 Å². The largest absolute Gasteiger partial charge is 0.328 e. The molecule has 2 heterocycles. The third-order valence-corrected chi connectivity index (χ3v) is 6.10. The van der Waals surface area contributed by atoms with Crippen molar-refractivity contribution < 1.29 is 9.72 Å². The Morgan fingerprint density at radius 2 is 1.86 bits per heavy atom. The van der Waals surface area contributed by atoms with Crippen molar-refractivity contribution in [3.8, 4) is 11.4 Å². The summed E-state index contributed by atoms with van der Waals surface area (Å²) in [5.74, 6) is 0.475. The lowest BCUT2D eigenvalue weighted by Gasteiger charge is -2.28. The Balaban J connectivity index is 1.61. The van der Waals surface area contributed by atoms with Gasteiger partial charge >= 0.3 is 0 Å². The van der Waals surface area contributed by atoms with Crippen molar-refractivity contribution in [2.75, 3.05) is 10.6 Å². The summed E-state index contributed by atoms with van der Waals surface area (Å²) in [5, 5.41) is 22.1. The fraction of sp³-hybridized carbons (Fsp3) is 0.0800. The summed E-state index contributed by atoms with van der Waals surface area (Å²) < 4.78 is 2.50. The fourth-order valence-electron chi connectivity index (χ4n) is 4.03. The highest BCUT2D eigenvalue weighted by molar-refractivity contribution is 9.10. The molecule has 0 radical (unpaired) electrons. The first-order valence-electron chi connectivity index (χ1n) is 10.7. The molecule has 1 aliphatic rings. The predicted molar refractivity (Wildman–Crippen MR) is 136 cm³/mol. The van der Waals surface area contributed by atoms with Gasteiger partial charge in [0.15, 0.2) is 5.82 Å². The zero-order valence-electron chi connectivity index (χ0n) is 18.5. The van der Waals surface area contributed by atoms with E-state index in [0.717, 1.165) is 10.0 Å². The minimum absolute atomic E-state index is 0.0518. The molecule has 4 aromatic rings. The number of aromatic nitrogens is 3. The first-order chi connectivity index (χ1) is 16.9. The molecule has 10 heteroatoms. The van der Waals surface area contributed by atoms with Gasteiger partial charge in [0.25, 0.3) is 11.6 Å². The van der Waals surface area contributed by atoms with Gasteiger partial charge in [-0.05, 0) is 36.8 Å². The molecule has 35 heavy (non-hydrogen) atoms. The number of carbonyl (C=O) groups is 1. The van der Waals surface area contributed by atoms with Crippen molar-refractivity contribution in [1.29, 1.82) is 0 Å². The monoisotopic (exact) mass is 530 g/mol. The number of rotatable bonds is 5. The molecule has 1 atom stereocenters. The summed E-state index contributed by atoms with van der Waals surface area (Å²) >= 11 is 3.52. The first-order valence-corrected chi connectivity index (χ1v) is 11.5. The van der Waals surface area contributed by atoms with E-state index >= 15 is 0 Å². The number of nitrogens with zero attached hydrogens (tertiary/aromatic N) is 4. The highest BCUT2D eigenvalue weighted by Gasteiger charge is 2.34. The number of amides is 1. The second-order valence-electron chi connectivity index (χ2n) is 7.95. The number of hydrogen-bond donors (Lipinski definition) is 2. The maximum atomic E-state index is 13.5. The predicted octanol–water partition coefficient (Wildman–Crippen LogP) is 5.54. The van der Waals surface area contributed by atoms with E-state index in [-0.39, 0.29) is 11.6 Å². The van der Waals surface area contributed by atoms with Crippen molar-refractivity contribution >= 4 is 39.2 Å². The summed E-state index contributed by atoms with van der Waals surface area (Å²) in [4.78, 5) is 28.9. The van der Waals surface area contributed by atoms with Crippen molar-refractivity contribution in [3.05, 3.63) is 110 Å². The lowest BCUT2D eigenvalue weighted by atomic mass is 9.95. The molecule has 9 nitrogen and oxygen atoms in total. The molecule has 0 bridgehead atoms. The number of anilines is 2. The van der Waals surface area contributed by atoms with Crippen LogP contribution in [0, 0.1) is 10.1 Å². The number of fused-ring (bicyclic) bond motifs is 1. The smallest absolute Gasteiger partial charge is 0.270 e. The molecule has 1 amide bonds. The summed E-state index contributed by atoms with van der Waals surface area (Å²) in [6.45, 7) is 1.82. The number of halogens is 1. The third kappa shape index (κ3) is 4.43. The normalized spacial score (nSPS) is 14.7. The molecular weight excluding hydrogens is 512 g/mol. The first kappa shape index (κ1) is 22.5. The maximum absolute atomic E-state index is 13.5. The lowest BCUT2D eigenvalue weighted by Crippen LogP contribution is -2.31. The van der Waals surface area contributed by atoms with Crippen LogP contribution < -0.4 is 10.6 Å². The minimum atomic E-state index is -0.576. The van der Waals surface area contributed by atoms with Crippen molar-refractivity contribution in [2.24, 2.45) is 0 Å². The lowest BCUT2D eigenvalue weighted by molar-refractivity contribution is -0.384. The molecule has 3 aromatic carbocycles. The summed E-state index contributed by atoms with van der Waals surface area (Å²) in [7, 11) is 0. The van der Waals surface area contributed by atoms with Gasteiger partial charge in [0.05, 0.1) is 10.5 Å². The topological polar surface area (TPSA) is 115 Å². The number of allylic oxidation sites excluding steroid dienone is 1. The van der Waals surface area contributed by atoms with Gasteiger partial charge in [0, 0.05) is 33.6 Å². The van der Waals surface area contributed by atoms with Crippen LogP contribution in [0.5, 0.6) is 0 Å². The van der Waals surface area contributed by atoms with Gasteiger partial charge < -0.3 is 10.6 Å². The maximum Gasteiger partial charge on any atom is 0.270 e. The van der Waals surface area contributed by atoms with Crippen LogP contribution in [-0.2, 0) is 4.79 Å². The highest BCUT2D eigenvalue weighted by atomic mass is 79.9. The van der Waals surface area contributed by atoms with Crippen molar-refractivity contribution in [2.45, 2.75) is 13.0 Å². The molecule has 1 aliphatic heterocycles. The Kier molecular flexibility index (Phi) is 5.87. The van der Waals surface area contributed by atoms with Crippen LogP contribution >= 0.6 is 15.9 Å². The molecule has 0 fully saturated rings. The number of hydrogen-bond acceptors (Lipinski definition) is 6. The second kappa shape index (κ2) is 9.15. The van der Waals surface area contributed by atoms with Crippen LogP contribution in [0.15, 0.2) is 94.6 Å². The molecule has 0 saturated heterocycles. The second-order valence-corrected chi connectivity index (χ2v) is 8.87. The number of nitro groups is 1. The zero-order valence-corrected chi connectivity index (χ0v) is 20.1. The standard InChI is InChI=1S/C25H19BrN6O3/c1-15-21(24(33)28-19-10-3-2-4-11-19)22(16-7-5-9-18(26)13-16)31-25(27-15)29-23(30-31)17-8-6-12-20(14-17)32(34)35/h2-14,22H,1H3,(H,28,33)(H,27,29,30). The number of non-ortho nitro benzene ring substituents is 1. The molecule has 1 aromatic heterocycles. The van der Waals surface area contributed by atoms with Crippen molar-refractivity contribution in [1.82, 2.24) is 14.8 Å². The number of nitro benzene ring substituents is 1. The van der Waals surface area contributed by atoms with Gasteiger partial charge in [-0.3, -0.25) is 14.9 Å². The van der Waals surface area contributed by atoms with Gasteiger partial charge in [-0.1, -0.05) is 58.4 Å². The molecule has 0 saturated carbocycles. The molecule has 0 aliphatic carbocycles. The molecule has 1 unspecified atom stereocenters. The van der Waals surface area contributed by atoms with Gasteiger partial charge in [0.1, 0.15) is 6.04 Å². The van der Waals surface area contributed by atoms with E-state index in [4.69, 9.17) is 0 Å². The molecule has 2 N–H and O–H groups in total. The Morgan fingerprint density at radius 3 is 2.60 bits per heavy atom. The van der Waals surface area contributed by atoms with Crippen LogP contribution in [-0.4, -0.2) is 25.6 Å². The van der Waals surface area contributed by atoms with E-state index < -0.39 is 11.0 Å². The van der Waals surface area contributed by atoms with Crippen molar-refractivity contribution in [3.63, 3.8) is 0 Å². The molecule has 174 valence electrons. The fourth-order valence-corrected chi connectivity index (χ4v) is 4.45. The number of benzene rings is 3. The van der Waals surface area contributed by atoms with Crippen LogP contribution in [0.1, 0.15) is 18.5 Å². The van der Waals surface area contributed by atoms with Crippen LogP contribution in [0.2, 0.25) is 0 Å². The number of carbonyl (C=O) groups excluding carboxylic acids is 1. The SMILES string of the molecule is CC1=C(C(=O)Nc2ccccc2)C(c2cccc(Br)c2)n2nc(-c3cccc([N+](=O)[O-])c3)nc2N1. The summed E-state index contributed by atoms with van der Waals surface area (Å²) in [6, 6.07) is 22.4. The van der Waals surface area contributed by atoms with E-state index in [1.165, 1.54) is 12.1 Å². The van der Waals surface area contributed by atoms with Crippen LogP contribution in [0.25, 0.3) is 11.4 Å². The average Bonchev–Trinajstić information content (AvgIpc) is 3.27. The summed E-state index contributed by atoms with van der Waals surface area (Å²) in [6.07, 6.45) is 0. The van der Waals surface area contributed by atoms with Crippen LogP contribution in [0.3, 0.4) is 0 Å². The van der Waals surface area contributed by atoms with Crippen LogP contribution in [0.4, 0.5) is 17.3 Å². The highest BCUT2D eigenvalue weighted by Crippen LogP contribution is 2.37.